The molecule has 1 aromatic rings. The Morgan fingerprint density at radius 2 is 2.09 bits per heavy atom. The van der Waals surface area contributed by atoms with Gasteiger partial charge in [-0.25, -0.2) is 4.57 Å². The third-order valence-corrected chi connectivity index (χ3v) is 2.30. The van der Waals surface area contributed by atoms with Crippen LogP contribution >= 0.6 is 11.8 Å². The Labute approximate surface area is 70.9 Å². The van der Waals surface area contributed by atoms with Crippen molar-refractivity contribution in [3.63, 3.8) is 0 Å². The summed E-state index contributed by atoms with van der Waals surface area (Å²) in [5.41, 5.74) is 0. The van der Waals surface area contributed by atoms with Crippen LogP contribution in [-0.2, 0) is 7.05 Å². The molecule has 0 atom stereocenters. The van der Waals surface area contributed by atoms with Gasteiger partial charge in [-0.3, -0.25) is 0 Å². The molecular weight excluding hydrogens is 158 g/mol. The van der Waals surface area contributed by atoms with Crippen molar-refractivity contribution in [3.8, 4) is 0 Å². The van der Waals surface area contributed by atoms with Crippen LogP contribution in [-0.4, -0.2) is 17.5 Å². The summed E-state index contributed by atoms with van der Waals surface area (Å²) in [7, 11) is 1.99. The van der Waals surface area contributed by atoms with Gasteiger partial charge in [-0.05, 0) is 0 Å². The molecule has 0 spiro atoms. The van der Waals surface area contributed by atoms with Gasteiger partial charge in [-0.2, -0.15) is 0 Å². The van der Waals surface area contributed by atoms with Crippen LogP contribution in [0.5, 0.6) is 0 Å². The lowest BCUT2D eigenvalue weighted by atomic mass is 10.5. The van der Waals surface area contributed by atoms with Crippen molar-refractivity contribution in [3.05, 3.63) is 24.5 Å². The zero-order chi connectivity index (χ0) is 8.10. The fraction of sp³-hybridized carbons (Fsp3) is 0.375. The largest absolute Gasteiger partial charge is 0.396 e. The first-order valence-electron chi connectivity index (χ1n) is 3.52. The summed E-state index contributed by atoms with van der Waals surface area (Å²) in [6.45, 7) is 0.242. The molecule has 1 heterocycles. The predicted octanol–water partition coefficient (Wildman–Crippen LogP) is 0.595. The van der Waals surface area contributed by atoms with Gasteiger partial charge in [0.15, 0.2) is 12.4 Å². The van der Waals surface area contributed by atoms with E-state index in [0.717, 1.165) is 5.75 Å². The second-order valence-corrected chi connectivity index (χ2v) is 3.44. The van der Waals surface area contributed by atoms with Crippen molar-refractivity contribution in [2.75, 3.05) is 12.4 Å². The van der Waals surface area contributed by atoms with Gasteiger partial charge in [0.1, 0.15) is 7.05 Å². The molecule has 0 aliphatic rings. The second-order valence-electron chi connectivity index (χ2n) is 2.27. The van der Waals surface area contributed by atoms with E-state index in [0.29, 0.717) is 0 Å². The van der Waals surface area contributed by atoms with Gasteiger partial charge in [0.05, 0.1) is 6.61 Å². The minimum atomic E-state index is 0.242. The number of hydrogen-bond donors (Lipinski definition) is 1. The van der Waals surface area contributed by atoms with E-state index in [2.05, 4.69) is 0 Å². The number of nitrogens with zero attached hydrogens (tertiary/aromatic N) is 1. The first-order chi connectivity index (χ1) is 5.33. The highest BCUT2D eigenvalue weighted by atomic mass is 32.2. The quantitative estimate of drug-likeness (QED) is 0.530. The van der Waals surface area contributed by atoms with Gasteiger partial charge < -0.3 is 5.11 Å². The molecule has 0 amide bonds. The number of thioether (sulfide) groups is 1. The first-order valence-corrected chi connectivity index (χ1v) is 4.50. The third-order valence-electron chi connectivity index (χ3n) is 1.31. The topological polar surface area (TPSA) is 24.1 Å². The molecule has 0 saturated carbocycles. The lowest BCUT2D eigenvalue weighted by Crippen LogP contribution is -2.25. The van der Waals surface area contributed by atoms with Crippen LogP contribution < -0.4 is 4.57 Å². The molecule has 3 heteroatoms. The maximum absolute atomic E-state index is 8.56. The van der Waals surface area contributed by atoms with Crippen LogP contribution in [0.3, 0.4) is 0 Å². The van der Waals surface area contributed by atoms with Crippen molar-refractivity contribution < 1.29 is 9.67 Å². The number of aliphatic hydroxyl groups excluding tert-OH is 1. The van der Waals surface area contributed by atoms with Crippen molar-refractivity contribution in [2.24, 2.45) is 7.05 Å². The standard InChI is InChI=1S/C8H12NOS/c1-9-4-2-8(3-5-9)11-7-6-10/h2-5,10H,6-7H2,1H3/q+1. The number of rotatable bonds is 3. The molecule has 0 fully saturated rings. The van der Waals surface area contributed by atoms with Crippen molar-refractivity contribution in [1.29, 1.82) is 0 Å². The van der Waals surface area contributed by atoms with Crippen molar-refractivity contribution in [2.45, 2.75) is 4.90 Å². The van der Waals surface area contributed by atoms with E-state index < -0.39 is 0 Å². The molecule has 0 saturated heterocycles. The Bertz CT molecular complexity index is 210. The Hall–Kier alpha value is -0.540. The first kappa shape index (κ1) is 8.56. The number of aliphatic hydroxyl groups is 1. The molecule has 60 valence electrons. The van der Waals surface area contributed by atoms with E-state index in [4.69, 9.17) is 5.11 Å². The monoisotopic (exact) mass is 170 g/mol. The summed E-state index contributed by atoms with van der Waals surface area (Å²) < 4.78 is 1.99. The average molecular weight is 170 g/mol. The Balaban J connectivity index is 2.52. The summed E-state index contributed by atoms with van der Waals surface area (Å²) >= 11 is 1.67. The van der Waals surface area contributed by atoms with Crippen molar-refractivity contribution in [1.82, 2.24) is 0 Å². The highest BCUT2D eigenvalue weighted by Crippen LogP contribution is 2.14. The number of hydrogen-bond acceptors (Lipinski definition) is 2. The Morgan fingerprint density at radius 1 is 1.45 bits per heavy atom. The SMILES string of the molecule is C[n+]1ccc(SCCO)cc1. The molecule has 1 rings (SSSR count). The third kappa shape index (κ3) is 2.91. The molecule has 0 unspecified atom stereocenters. The van der Waals surface area contributed by atoms with E-state index in [1.807, 2.05) is 36.1 Å². The normalized spacial score (nSPS) is 10.0. The maximum Gasteiger partial charge on any atom is 0.169 e. The second kappa shape index (κ2) is 4.36. The van der Waals surface area contributed by atoms with Crippen LogP contribution in [0.15, 0.2) is 29.4 Å². The van der Waals surface area contributed by atoms with Crippen LogP contribution in [0.4, 0.5) is 0 Å². The number of aromatic nitrogens is 1. The molecule has 2 nitrogen and oxygen atoms in total. The van der Waals surface area contributed by atoms with Gasteiger partial charge in [-0.15, -0.1) is 11.8 Å². The summed E-state index contributed by atoms with van der Waals surface area (Å²) in [4.78, 5) is 1.21. The van der Waals surface area contributed by atoms with E-state index in [9.17, 15) is 0 Å². The van der Waals surface area contributed by atoms with Gasteiger partial charge >= 0.3 is 0 Å². The fourth-order valence-corrected chi connectivity index (χ4v) is 1.39. The molecule has 0 bridgehead atoms. The molecule has 0 radical (unpaired) electrons. The lowest BCUT2D eigenvalue weighted by Gasteiger charge is -1.95. The fourth-order valence-electron chi connectivity index (χ4n) is 0.747. The van der Waals surface area contributed by atoms with E-state index in [-0.39, 0.29) is 6.61 Å². The zero-order valence-corrected chi connectivity index (χ0v) is 7.34. The minimum absolute atomic E-state index is 0.242. The number of pyridine rings is 1. The predicted molar refractivity (Wildman–Crippen MR) is 45.4 cm³/mol. The Kier molecular flexibility index (Phi) is 3.39. The van der Waals surface area contributed by atoms with Crippen LogP contribution in [0.1, 0.15) is 0 Å². The number of aryl methyl sites for hydroxylation is 1. The van der Waals surface area contributed by atoms with Gasteiger partial charge in [0.2, 0.25) is 0 Å². The van der Waals surface area contributed by atoms with Crippen LogP contribution in [0.25, 0.3) is 0 Å². The van der Waals surface area contributed by atoms with E-state index in [1.54, 1.807) is 11.8 Å². The van der Waals surface area contributed by atoms with Crippen molar-refractivity contribution >= 4 is 11.8 Å². The van der Waals surface area contributed by atoms with Gasteiger partial charge in [-0.1, -0.05) is 0 Å². The van der Waals surface area contributed by atoms with Gasteiger partial charge in [0, 0.05) is 22.8 Å². The summed E-state index contributed by atoms with van der Waals surface area (Å²) in [6.07, 6.45) is 4.00. The molecule has 0 aliphatic carbocycles. The zero-order valence-electron chi connectivity index (χ0n) is 6.53. The summed E-state index contributed by atoms with van der Waals surface area (Å²) in [5, 5.41) is 8.56. The maximum atomic E-state index is 8.56. The smallest absolute Gasteiger partial charge is 0.169 e. The molecule has 1 aromatic heterocycles. The van der Waals surface area contributed by atoms with E-state index in [1.165, 1.54) is 4.90 Å². The van der Waals surface area contributed by atoms with Crippen LogP contribution in [0, 0.1) is 0 Å². The van der Waals surface area contributed by atoms with Gasteiger partial charge in [0.25, 0.3) is 0 Å². The minimum Gasteiger partial charge on any atom is -0.396 e. The Morgan fingerprint density at radius 3 is 2.64 bits per heavy atom. The molecule has 0 aromatic carbocycles. The summed E-state index contributed by atoms with van der Waals surface area (Å²) in [5.74, 6) is 0.772. The summed E-state index contributed by atoms with van der Waals surface area (Å²) in [6, 6.07) is 4.08. The molecule has 11 heavy (non-hydrogen) atoms. The van der Waals surface area contributed by atoms with Crippen LogP contribution in [0.2, 0.25) is 0 Å². The lowest BCUT2D eigenvalue weighted by molar-refractivity contribution is -0.671. The molecule has 1 N–H and O–H groups in total. The molecule has 0 aliphatic heterocycles. The highest BCUT2D eigenvalue weighted by Gasteiger charge is 1.94. The highest BCUT2D eigenvalue weighted by molar-refractivity contribution is 7.99. The van der Waals surface area contributed by atoms with E-state index >= 15 is 0 Å². The molecular formula is C8H12NOS+. The average Bonchev–Trinajstić information content (AvgIpc) is 2.04.